The Morgan fingerprint density at radius 1 is 1.00 bits per heavy atom. The lowest BCUT2D eigenvalue weighted by Gasteiger charge is -2.29. The average molecular weight is 419 g/mol. The number of hydrogen-bond donors (Lipinski definition) is 0. The maximum atomic E-state index is 12.4. The Hall–Kier alpha value is -2.08. The smallest absolute Gasteiger partial charge is 0.338 e. The van der Waals surface area contributed by atoms with E-state index in [1.807, 2.05) is 12.1 Å². The van der Waals surface area contributed by atoms with Gasteiger partial charge in [-0.25, -0.2) is 4.79 Å². The fourth-order valence-corrected chi connectivity index (χ4v) is 3.12. The van der Waals surface area contributed by atoms with Crippen LogP contribution in [0.2, 0.25) is 5.02 Å². The maximum Gasteiger partial charge on any atom is 0.338 e. The second kappa shape index (κ2) is 11.2. The minimum atomic E-state index is -0.476. The van der Waals surface area contributed by atoms with Crippen LogP contribution in [0.5, 0.6) is 5.75 Å². The van der Waals surface area contributed by atoms with Crippen molar-refractivity contribution >= 4 is 17.6 Å². The summed E-state index contributed by atoms with van der Waals surface area (Å²) in [6.07, 6.45) is 3.72. The van der Waals surface area contributed by atoms with E-state index in [4.69, 9.17) is 30.5 Å². The number of carbonyl (C=O) groups is 1. The van der Waals surface area contributed by atoms with E-state index in [2.05, 4.69) is 6.92 Å². The lowest BCUT2D eigenvalue weighted by molar-refractivity contribution is -0.220. The van der Waals surface area contributed by atoms with Crippen molar-refractivity contribution in [3.63, 3.8) is 0 Å². The van der Waals surface area contributed by atoms with Gasteiger partial charge in [0.25, 0.3) is 0 Å². The summed E-state index contributed by atoms with van der Waals surface area (Å²) in [6.45, 7) is 3.42. The second-order valence-corrected chi connectivity index (χ2v) is 7.45. The van der Waals surface area contributed by atoms with Crippen molar-refractivity contribution in [3.05, 3.63) is 64.7 Å². The first-order valence-corrected chi connectivity index (χ1v) is 10.5. The average Bonchev–Trinajstić information content (AvgIpc) is 2.75. The largest absolute Gasteiger partial charge is 0.494 e. The van der Waals surface area contributed by atoms with Gasteiger partial charge in [-0.3, -0.25) is 0 Å². The van der Waals surface area contributed by atoms with Gasteiger partial charge >= 0.3 is 5.97 Å². The van der Waals surface area contributed by atoms with E-state index in [9.17, 15) is 4.79 Å². The fraction of sp³-hybridized carbons (Fsp3) is 0.435. The third kappa shape index (κ3) is 6.74. The highest BCUT2D eigenvalue weighted by atomic mass is 35.5. The van der Waals surface area contributed by atoms with Gasteiger partial charge in [-0.15, -0.1) is 0 Å². The number of benzene rings is 2. The molecule has 0 amide bonds. The van der Waals surface area contributed by atoms with Crippen LogP contribution in [0.4, 0.5) is 0 Å². The molecule has 1 heterocycles. The molecule has 0 radical (unpaired) electrons. The predicted molar refractivity (Wildman–Crippen MR) is 111 cm³/mol. The molecule has 0 bridgehead atoms. The van der Waals surface area contributed by atoms with E-state index in [1.54, 1.807) is 36.4 Å². The molecule has 0 saturated carbocycles. The molecule has 1 fully saturated rings. The molecule has 0 spiro atoms. The topological polar surface area (TPSA) is 54.0 Å². The highest BCUT2D eigenvalue weighted by Crippen LogP contribution is 2.25. The summed E-state index contributed by atoms with van der Waals surface area (Å²) in [7, 11) is 0. The zero-order valence-electron chi connectivity index (χ0n) is 16.6. The van der Waals surface area contributed by atoms with Crippen LogP contribution in [0.25, 0.3) is 0 Å². The van der Waals surface area contributed by atoms with E-state index in [-0.39, 0.29) is 13.2 Å². The number of carbonyl (C=O) groups excluding carboxylic acids is 1. The minimum absolute atomic E-state index is 0.276. The normalized spacial score (nSPS) is 19.0. The van der Waals surface area contributed by atoms with Gasteiger partial charge in [0.15, 0.2) is 6.29 Å². The van der Waals surface area contributed by atoms with Crippen LogP contribution >= 0.6 is 11.6 Å². The first-order chi connectivity index (χ1) is 14.2. The van der Waals surface area contributed by atoms with Crippen LogP contribution in [0, 0.1) is 0 Å². The van der Waals surface area contributed by atoms with Crippen molar-refractivity contribution in [2.75, 3.05) is 19.8 Å². The van der Waals surface area contributed by atoms with Crippen LogP contribution in [0.3, 0.4) is 0 Å². The van der Waals surface area contributed by atoms with Crippen LogP contribution < -0.4 is 4.74 Å². The summed E-state index contributed by atoms with van der Waals surface area (Å²) < 4.78 is 22.6. The van der Waals surface area contributed by atoms with Crippen molar-refractivity contribution in [2.45, 2.75) is 45.0 Å². The lowest BCUT2D eigenvalue weighted by Crippen LogP contribution is -2.35. The van der Waals surface area contributed by atoms with E-state index >= 15 is 0 Å². The van der Waals surface area contributed by atoms with Gasteiger partial charge in [-0.05, 0) is 42.8 Å². The second-order valence-electron chi connectivity index (χ2n) is 7.01. The highest BCUT2D eigenvalue weighted by Gasteiger charge is 2.26. The number of unbranched alkanes of at least 4 members (excludes halogenated alkanes) is 3. The maximum absolute atomic E-state index is 12.4. The molecule has 1 saturated heterocycles. The van der Waals surface area contributed by atoms with Crippen molar-refractivity contribution in [2.24, 2.45) is 0 Å². The molecule has 6 heteroatoms. The number of rotatable bonds is 9. The SMILES string of the molecule is CCCCCCOc1ccc(C(=O)OC2COC(c3ccc(Cl)cc3)OC2)cc1. The molecule has 2 aromatic rings. The third-order valence-corrected chi connectivity index (χ3v) is 4.89. The summed E-state index contributed by atoms with van der Waals surface area (Å²) in [6, 6.07) is 14.3. The van der Waals surface area contributed by atoms with Gasteiger partial charge in [0.05, 0.1) is 25.4 Å². The Labute approximate surface area is 176 Å². The Kier molecular flexibility index (Phi) is 8.35. The van der Waals surface area contributed by atoms with Crippen LogP contribution in [-0.2, 0) is 14.2 Å². The van der Waals surface area contributed by atoms with Gasteiger partial charge in [0, 0.05) is 10.6 Å². The minimum Gasteiger partial charge on any atom is -0.494 e. The Morgan fingerprint density at radius 3 is 2.34 bits per heavy atom. The van der Waals surface area contributed by atoms with Gasteiger partial charge in [0.1, 0.15) is 11.9 Å². The van der Waals surface area contributed by atoms with E-state index in [0.29, 0.717) is 17.2 Å². The first kappa shape index (κ1) is 21.6. The molecule has 29 heavy (non-hydrogen) atoms. The molecule has 0 aromatic heterocycles. The Balaban J connectivity index is 1.41. The summed E-state index contributed by atoms with van der Waals surface area (Å²) in [5, 5.41) is 0.657. The zero-order chi connectivity index (χ0) is 20.5. The molecular formula is C23H27ClO5. The summed E-state index contributed by atoms with van der Waals surface area (Å²) in [4.78, 5) is 12.4. The molecule has 3 rings (SSSR count). The van der Waals surface area contributed by atoms with Gasteiger partial charge < -0.3 is 18.9 Å². The summed E-state index contributed by atoms with van der Waals surface area (Å²) in [5.41, 5.74) is 1.35. The molecule has 156 valence electrons. The van der Waals surface area contributed by atoms with E-state index < -0.39 is 18.4 Å². The van der Waals surface area contributed by atoms with Gasteiger partial charge in [-0.1, -0.05) is 49.9 Å². The third-order valence-electron chi connectivity index (χ3n) is 4.64. The molecule has 2 aromatic carbocycles. The van der Waals surface area contributed by atoms with Crippen LogP contribution in [0.1, 0.15) is 54.8 Å². The number of ether oxygens (including phenoxy) is 4. The predicted octanol–water partition coefficient (Wildman–Crippen LogP) is 5.57. The quantitative estimate of drug-likeness (QED) is 0.393. The van der Waals surface area contributed by atoms with Gasteiger partial charge in [-0.2, -0.15) is 0 Å². The Bertz CT molecular complexity index is 752. The molecule has 0 N–H and O–H groups in total. The van der Waals surface area contributed by atoms with Crippen molar-refractivity contribution < 1.29 is 23.7 Å². The molecule has 0 aliphatic carbocycles. The molecule has 0 unspecified atom stereocenters. The van der Waals surface area contributed by atoms with E-state index in [0.717, 1.165) is 17.7 Å². The first-order valence-electron chi connectivity index (χ1n) is 10.1. The molecular weight excluding hydrogens is 392 g/mol. The van der Waals surface area contributed by atoms with Gasteiger partial charge in [0.2, 0.25) is 0 Å². The number of hydrogen-bond acceptors (Lipinski definition) is 5. The van der Waals surface area contributed by atoms with Crippen molar-refractivity contribution in [3.8, 4) is 5.75 Å². The van der Waals surface area contributed by atoms with Crippen molar-refractivity contribution in [1.29, 1.82) is 0 Å². The fourth-order valence-electron chi connectivity index (χ4n) is 2.99. The summed E-state index contributed by atoms with van der Waals surface area (Å²) in [5.74, 6) is 0.356. The van der Waals surface area contributed by atoms with Crippen LogP contribution in [0.15, 0.2) is 48.5 Å². The van der Waals surface area contributed by atoms with Crippen LogP contribution in [-0.4, -0.2) is 31.9 Å². The molecule has 1 aliphatic rings. The summed E-state index contributed by atoms with van der Waals surface area (Å²) >= 11 is 5.90. The monoisotopic (exact) mass is 418 g/mol. The molecule has 5 nitrogen and oxygen atoms in total. The number of esters is 1. The van der Waals surface area contributed by atoms with Crippen molar-refractivity contribution in [1.82, 2.24) is 0 Å². The van der Waals surface area contributed by atoms with E-state index in [1.165, 1.54) is 19.3 Å². The molecule has 1 aliphatic heterocycles. The Morgan fingerprint density at radius 2 is 1.69 bits per heavy atom. The number of halogens is 1. The highest BCUT2D eigenvalue weighted by molar-refractivity contribution is 6.30. The lowest BCUT2D eigenvalue weighted by atomic mass is 10.2. The zero-order valence-corrected chi connectivity index (χ0v) is 17.4. The standard InChI is InChI=1S/C23H27ClO5/c1-2-3-4-5-14-26-20-12-8-17(9-13-20)22(25)29-21-15-27-23(28-16-21)18-6-10-19(24)11-7-18/h6-13,21,23H,2-5,14-16H2,1H3. The molecule has 0 atom stereocenters.